The molecule has 2 aromatic rings. The van der Waals surface area contributed by atoms with Crippen LogP contribution in [0.4, 0.5) is 0 Å². The van der Waals surface area contributed by atoms with Crippen molar-refractivity contribution in [3.63, 3.8) is 0 Å². The highest BCUT2D eigenvalue weighted by Gasteiger charge is 2.20. The quantitative estimate of drug-likeness (QED) is 0.800. The number of amides is 1. The van der Waals surface area contributed by atoms with Crippen molar-refractivity contribution in [2.24, 2.45) is 0 Å². The standard InChI is InChI=1S/C19H27N5O3/c1-14-11-15(2)23(20-14)9-3-5-18(25)22-8-4-10-24-17(13-22)12-16(21-24)6-7-19(26)27/h11-12H,3-10,13H2,1-2H3,(H,26,27). The molecule has 0 bridgehead atoms. The zero-order chi connectivity index (χ0) is 19.4. The molecular weight excluding hydrogens is 346 g/mol. The minimum atomic E-state index is -0.822. The van der Waals surface area contributed by atoms with Crippen LogP contribution >= 0.6 is 0 Å². The molecule has 1 amide bonds. The van der Waals surface area contributed by atoms with E-state index in [-0.39, 0.29) is 12.3 Å². The smallest absolute Gasteiger partial charge is 0.303 e. The van der Waals surface area contributed by atoms with E-state index >= 15 is 0 Å². The molecule has 3 heterocycles. The van der Waals surface area contributed by atoms with Crippen LogP contribution in [0.25, 0.3) is 0 Å². The molecule has 0 saturated carbocycles. The van der Waals surface area contributed by atoms with Gasteiger partial charge in [-0.2, -0.15) is 10.2 Å². The Labute approximate surface area is 158 Å². The number of hydrogen-bond acceptors (Lipinski definition) is 4. The van der Waals surface area contributed by atoms with Gasteiger partial charge >= 0.3 is 5.97 Å². The molecule has 1 aliphatic rings. The predicted octanol–water partition coefficient (Wildman–Crippen LogP) is 1.93. The summed E-state index contributed by atoms with van der Waals surface area (Å²) in [6.07, 6.45) is 2.62. The summed E-state index contributed by atoms with van der Waals surface area (Å²) in [5.74, 6) is -0.670. The van der Waals surface area contributed by atoms with Crippen LogP contribution in [0.5, 0.6) is 0 Å². The molecule has 8 nitrogen and oxygen atoms in total. The van der Waals surface area contributed by atoms with Gasteiger partial charge in [0.25, 0.3) is 0 Å². The molecule has 0 saturated heterocycles. The monoisotopic (exact) mass is 373 g/mol. The minimum Gasteiger partial charge on any atom is -0.481 e. The molecule has 3 rings (SSSR count). The Kier molecular flexibility index (Phi) is 5.93. The second-order valence-electron chi connectivity index (χ2n) is 7.17. The fraction of sp³-hybridized carbons (Fsp3) is 0.579. The number of aromatic nitrogens is 4. The molecule has 0 radical (unpaired) electrons. The largest absolute Gasteiger partial charge is 0.481 e. The number of carboxylic acid groups (broad SMARTS) is 1. The van der Waals surface area contributed by atoms with Gasteiger partial charge in [0, 0.05) is 38.2 Å². The second-order valence-corrected chi connectivity index (χ2v) is 7.17. The third kappa shape index (κ3) is 4.96. The lowest BCUT2D eigenvalue weighted by molar-refractivity contribution is -0.137. The number of carbonyl (C=O) groups excluding carboxylic acids is 1. The molecule has 146 valence electrons. The topological polar surface area (TPSA) is 93.2 Å². The van der Waals surface area contributed by atoms with Crippen molar-refractivity contribution in [2.75, 3.05) is 6.54 Å². The Morgan fingerprint density at radius 1 is 1.15 bits per heavy atom. The van der Waals surface area contributed by atoms with E-state index < -0.39 is 5.97 Å². The number of hydrogen-bond donors (Lipinski definition) is 1. The van der Waals surface area contributed by atoms with Gasteiger partial charge in [-0.15, -0.1) is 0 Å². The normalized spacial score (nSPS) is 14.1. The van der Waals surface area contributed by atoms with E-state index in [0.29, 0.717) is 19.4 Å². The van der Waals surface area contributed by atoms with E-state index in [0.717, 1.165) is 55.3 Å². The van der Waals surface area contributed by atoms with Crippen molar-refractivity contribution in [3.05, 3.63) is 34.9 Å². The first-order valence-electron chi connectivity index (χ1n) is 9.48. The molecule has 0 fully saturated rings. The number of carboxylic acids is 1. The zero-order valence-electron chi connectivity index (χ0n) is 16.0. The van der Waals surface area contributed by atoms with E-state index in [9.17, 15) is 9.59 Å². The highest BCUT2D eigenvalue weighted by atomic mass is 16.4. The third-order valence-electron chi connectivity index (χ3n) is 4.88. The van der Waals surface area contributed by atoms with E-state index in [4.69, 9.17) is 5.11 Å². The summed E-state index contributed by atoms with van der Waals surface area (Å²) < 4.78 is 3.87. The molecular formula is C19H27N5O3. The van der Waals surface area contributed by atoms with Crippen molar-refractivity contribution in [3.8, 4) is 0 Å². The summed E-state index contributed by atoms with van der Waals surface area (Å²) in [6.45, 7) is 6.78. The van der Waals surface area contributed by atoms with Gasteiger partial charge in [-0.05, 0) is 38.8 Å². The SMILES string of the molecule is Cc1cc(C)n(CCCC(=O)N2CCCn3nc(CCC(=O)O)cc3C2)n1. The van der Waals surface area contributed by atoms with E-state index in [2.05, 4.69) is 10.2 Å². The van der Waals surface area contributed by atoms with Crippen LogP contribution in [0.2, 0.25) is 0 Å². The second kappa shape index (κ2) is 8.37. The average Bonchev–Trinajstić information content (AvgIpc) is 3.07. The Morgan fingerprint density at radius 3 is 2.67 bits per heavy atom. The van der Waals surface area contributed by atoms with Gasteiger partial charge in [0.15, 0.2) is 0 Å². The van der Waals surface area contributed by atoms with Crippen molar-refractivity contribution in [1.29, 1.82) is 0 Å². The van der Waals surface area contributed by atoms with Crippen molar-refractivity contribution >= 4 is 11.9 Å². The molecule has 0 aliphatic carbocycles. The van der Waals surface area contributed by atoms with E-state index in [1.165, 1.54) is 0 Å². The lowest BCUT2D eigenvalue weighted by Gasteiger charge is -2.20. The van der Waals surface area contributed by atoms with Gasteiger partial charge in [0.2, 0.25) is 5.91 Å². The predicted molar refractivity (Wildman–Crippen MR) is 99.2 cm³/mol. The number of aliphatic carboxylic acids is 1. The Morgan fingerprint density at radius 2 is 1.96 bits per heavy atom. The maximum absolute atomic E-state index is 12.7. The molecule has 0 aromatic carbocycles. The molecule has 0 spiro atoms. The lowest BCUT2D eigenvalue weighted by Crippen LogP contribution is -2.30. The van der Waals surface area contributed by atoms with Gasteiger partial charge < -0.3 is 10.0 Å². The Bertz CT molecular complexity index is 823. The van der Waals surface area contributed by atoms with Crippen LogP contribution in [0.1, 0.15) is 48.5 Å². The number of rotatable bonds is 7. The number of nitrogens with zero attached hydrogens (tertiary/aromatic N) is 5. The molecule has 0 unspecified atom stereocenters. The van der Waals surface area contributed by atoms with Crippen molar-refractivity contribution in [2.45, 2.75) is 65.6 Å². The first-order valence-corrected chi connectivity index (χ1v) is 9.48. The van der Waals surface area contributed by atoms with Crippen LogP contribution in [0.15, 0.2) is 12.1 Å². The summed E-state index contributed by atoms with van der Waals surface area (Å²) >= 11 is 0. The van der Waals surface area contributed by atoms with Crippen LogP contribution in [-0.2, 0) is 35.6 Å². The first kappa shape index (κ1) is 19.1. The van der Waals surface area contributed by atoms with Crippen LogP contribution in [-0.4, -0.2) is 48.0 Å². The maximum atomic E-state index is 12.7. The summed E-state index contributed by atoms with van der Waals surface area (Å²) in [5, 5.41) is 17.8. The van der Waals surface area contributed by atoms with Crippen LogP contribution in [0.3, 0.4) is 0 Å². The molecule has 2 aromatic heterocycles. The third-order valence-corrected chi connectivity index (χ3v) is 4.88. The maximum Gasteiger partial charge on any atom is 0.303 e. The Hall–Kier alpha value is -2.64. The zero-order valence-corrected chi connectivity index (χ0v) is 16.0. The summed E-state index contributed by atoms with van der Waals surface area (Å²) in [7, 11) is 0. The molecule has 27 heavy (non-hydrogen) atoms. The van der Waals surface area contributed by atoms with Gasteiger partial charge in [0.05, 0.1) is 30.0 Å². The molecule has 0 atom stereocenters. The van der Waals surface area contributed by atoms with E-state index in [1.54, 1.807) is 0 Å². The first-order chi connectivity index (χ1) is 12.9. The Balaban J connectivity index is 1.54. The fourth-order valence-electron chi connectivity index (χ4n) is 3.53. The molecule has 1 N–H and O–H groups in total. The van der Waals surface area contributed by atoms with Crippen molar-refractivity contribution in [1.82, 2.24) is 24.5 Å². The number of fused-ring (bicyclic) bond motifs is 1. The molecule has 8 heteroatoms. The molecule has 1 aliphatic heterocycles. The van der Waals surface area contributed by atoms with Gasteiger partial charge in [-0.25, -0.2) is 0 Å². The summed E-state index contributed by atoms with van der Waals surface area (Å²) in [6, 6.07) is 3.98. The fourth-order valence-corrected chi connectivity index (χ4v) is 3.53. The number of carbonyl (C=O) groups is 2. The summed E-state index contributed by atoms with van der Waals surface area (Å²) in [4.78, 5) is 25.3. The van der Waals surface area contributed by atoms with Crippen LogP contribution < -0.4 is 0 Å². The lowest BCUT2D eigenvalue weighted by atomic mass is 10.2. The average molecular weight is 373 g/mol. The van der Waals surface area contributed by atoms with Gasteiger partial charge in [-0.1, -0.05) is 0 Å². The van der Waals surface area contributed by atoms with Gasteiger partial charge in [0.1, 0.15) is 0 Å². The summed E-state index contributed by atoms with van der Waals surface area (Å²) in [5.41, 5.74) is 3.89. The highest BCUT2D eigenvalue weighted by molar-refractivity contribution is 5.76. The van der Waals surface area contributed by atoms with E-state index in [1.807, 2.05) is 40.2 Å². The highest BCUT2D eigenvalue weighted by Crippen LogP contribution is 2.16. The van der Waals surface area contributed by atoms with Gasteiger partial charge in [-0.3, -0.25) is 19.0 Å². The minimum absolute atomic E-state index is 0.0748. The van der Waals surface area contributed by atoms with Crippen LogP contribution in [0, 0.1) is 13.8 Å². The van der Waals surface area contributed by atoms with Crippen molar-refractivity contribution < 1.29 is 14.7 Å². The number of aryl methyl sites for hydroxylation is 5.